The molecular weight excluding hydrogens is 570 g/mol. The van der Waals surface area contributed by atoms with Gasteiger partial charge in [0.15, 0.2) is 17.6 Å². The van der Waals surface area contributed by atoms with Crippen LogP contribution in [0.5, 0.6) is 0 Å². The van der Waals surface area contributed by atoms with Crippen LogP contribution in [-0.4, -0.2) is 16.6 Å². The smallest absolute Gasteiger partial charge is 0.348 e. The second kappa shape index (κ2) is 11.0. The Bertz CT molecular complexity index is 1140. The molecule has 1 aliphatic carbocycles. The monoisotopic (exact) mass is 600 g/mol. The molecule has 0 N–H and O–H groups in total. The minimum absolute atomic E-state index is 0. The summed E-state index contributed by atoms with van der Waals surface area (Å²) in [5.41, 5.74) is 2.91. The van der Waals surface area contributed by atoms with Crippen LogP contribution in [-0.2, 0) is 23.1 Å². The molecule has 3 aromatic rings. The maximum atomic E-state index is 13.2. The minimum atomic E-state index is -0.197. The third kappa shape index (κ3) is 5.51. The van der Waals surface area contributed by atoms with Gasteiger partial charge in [0.1, 0.15) is 6.10 Å². The Hall–Kier alpha value is -1.31. The summed E-state index contributed by atoms with van der Waals surface area (Å²) < 4.78 is 10.2. The highest BCUT2D eigenvalue weighted by molar-refractivity contribution is 6.42. The lowest BCUT2D eigenvalue weighted by Gasteiger charge is -2.36. The van der Waals surface area contributed by atoms with Gasteiger partial charge in [-0.3, -0.25) is 0 Å². The predicted octanol–water partition coefficient (Wildman–Crippen LogP) is 3.45. The molecule has 0 aliphatic heterocycles. The largest absolute Gasteiger partial charge is 1.00 e. The van der Waals surface area contributed by atoms with E-state index in [9.17, 15) is 4.79 Å². The van der Waals surface area contributed by atoms with Gasteiger partial charge in [-0.05, 0) is 60.9 Å². The number of hydrogen-bond donors (Lipinski definition) is 0. The molecule has 7 heteroatoms. The molecular formula is C26H31Cl2IN2O2. The van der Waals surface area contributed by atoms with Crippen molar-refractivity contribution < 1.29 is 38.1 Å². The number of fused-ring (bicyclic) bond motifs is 1. The lowest BCUT2D eigenvalue weighted by atomic mass is 9.75. The summed E-state index contributed by atoms with van der Waals surface area (Å²) in [5.74, 6) is 2.19. The number of halogens is 3. The van der Waals surface area contributed by atoms with E-state index in [1.165, 1.54) is 6.42 Å². The zero-order chi connectivity index (χ0) is 23.0. The molecule has 0 bridgehead atoms. The Balaban J connectivity index is 0.00000306. The number of carbonyl (C=O) groups is 1. The second-order valence-corrected chi connectivity index (χ2v) is 10.3. The number of aromatic nitrogens is 2. The van der Waals surface area contributed by atoms with E-state index in [2.05, 4.69) is 31.4 Å². The third-order valence-electron chi connectivity index (χ3n) is 6.82. The van der Waals surface area contributed by atoms with Crippen LogP contribution in [0.3, 0.4) is 0 Å². The lowest BCUT2D eigenvalue weighted by molar-refractivity contribution is -0.634. The first-order valence-electron chi connectivity index (χ1n) is 11.4. The number of hydrogen-bond acceptors (Lipinski definition) is 2. The summed E-state index contributed by atoms with van der Waals surface area (Å²) in [6, 6.07) is 13.6. The zero-order valence-electron chi connectivity index (χ0n) is 19.5. The molecule has 1 saturated carbocycles. The highest BCUT2D eigenvalue weighted by Gasteiger charge is 2.34. The quantitative estimate of drug-likeness (QED) is 0.256. The average molecular weight is 601 g/mol. The molecule has 0 radical (unpaired) electrons. The van der Waals surface area contributed by atoms with Crippen molar-refractivity contribution in [2.24, 2.45) is 24.8 Å². The third-order valence-corrected chi connectivity index (χ3v) is 7.56. The number of aryl methyl sites for hydroxylation is 1. The Kier molecular flexibility index (Phi) is 8.73. The van der Waals surface area contributed by atoms with Gasteiger partial charge in [0.05, 0.1) is 22.7 Å². The van der Waals surface area contributed by atoms with Crippen LogP contribution >= 0.6 is 23.2 Å². The molecule has 3 atom stereocenters. The van der Waals surface area contributed by atoms with Crippen LogP contribution in [0.4, 0.5) is 0 Å². The number of rotatable bonds is 5. The maximum absolute atomic E-state index is 13.2. The number of esters is 1. The minimum Gasteiger partial charge on any atom is -1.00 e. The van der Waals surface area contributed by atoms with E-state index < -0.39 is 0 Å². The van der Waals surface area contributed by atoms with Crippen molar-refractivity contribution in [1.82, 2.24) is 4.57 Å². The fourth-order valence-corrected chi connectivity index (χ4v) is 5.41. The molecule has 1 fully saturated rings. The Morgan fingerprint density at radius 2 is 1.88 bits per heavy atom. The van der Waals surface area contributed by atoms with Crippen LogP contribution < -0.4 is 28.5 Å². The summed E-state index contributed by atoms with van der Waals surface area (Å²) in [7, 11) is 2.00. The van der Waals surface area contributed by atoms with E-state index in [1.54, 1.807) is 6.07 Å². The van der Waals surface area contributed by atoms with Crippen LogP contribution in [0.2, 0.25) is 10.0 Å². The number of carbonyl (C=O) groups excluding carboxylic acids is 1. The zero-order valence-corrected chi connectivity index (χ0v) is 23.2. The summed E-state index contributed by atoms with van der Waals surface area (Å²) in [4.78, 5) is 13.2. The van der Waals surface area contributed by atoms with E-state index in [0.717, 1.165) is 35.3 Å². The number of ether oxygens (including phenoxy) is 1. The number of imidazole rings is 1. The number of para-hydroxylation sites is 2. The highest BCUT2D eigenvalue weighted by Crippen LogP contribution is 2.36. The molecule has 1 heterocycles. The molecule has 2 aromatic carbocycles. The normalized spacial score (nSPS) is 20.6. The molecule has 1 unspecified atom stereocenters. The van der Waals surface area contributed by atoms with E-state index in [1.807, 2.05) is 41.9 Å². The van der Waals surface area contributed by atoms with E-state index in [-0.39, 0.29) is 42.6 Å². The summed E-state index contributed by atoms with van der Waals surface area (Å²) in [5, 5.41) is 0.991. The van der Waals surface area contributed by atoms with Crippen LogP contribution in [0, 0.1) is 17.8 Å². The molecule has 33 heavy (non-hydrogen) atoms. The van der Waals surface area contributed by atoms with Crippen molar-refractivity contribution in [3.8, 4) is 11.4 Å². The number of nitrogens with zero attached hydrogens (tertiary/aromatic N) is 2. The van der Waals surface area contributed by atoms with Gasteiger partial charge < -0.3 is 28.7 Å². The van der Waals surface area contributed by atoms with Gasteiger partial charge in [-0.2, -0.15) is 0 Å². The van der Waals surface area contributed by atoms with Crippen molar-refractivity contribution in [2.75, 3.05) is 0 Å². The molecule has 1 aliphatic rings. The van der Waals surface area contributed by atoms with E-state index in [0.29, 0.717) is 27.8 Å². The van der Waals surface area contributed by atoms with Crippen LogP contribution in [0.25, 0.3) is 22.4 Å². The van der Waals surface area contributed by atoms with Crippen molar-refractivity contribution in [1.29, 1.82) is 0 Å². The van der Waals surface area contributed by atoms with Crippen LogP contribution in [0.15, 0.2) is 42.5 Å². The van der Waals surface area contributed by atoms with Crippen molar-refractivity contribution in [3.63, 3.8) is 0 Å². The summed E-state index contributed by atoms with van der Waals surface area (Å²) in [6.45, 7) is 6.85. The lowest BCUT2D eigenvalue weighted by Crippen LogP contribution is -3.00. The van der Waals surface area contributed by atoms with Gasteiger partial charge in [0, 0.05) is 0 Å². The Morgan fingerprint density at radius 1 is 1.15 bits per heavy atom. The van der Waals surface area contributed by atoms with Gasteiger partial charge in [-0.15, -0.1) is 0 Å². The Morgan fingerprint density at radius 3 is 2.58 bits per heavy atom. The summed E-state index contributed by atoms with van der Waals surface area (Å²) >= 11 is 12.5. The van der Waals surface area contributed by atoms with Crippen LogP contribution in [0.1, 0.15) is 40.0 Å². The first kappa shape index (κ1) is 26.3. The fourth-order valence-electron chi connectivity index (χ4n) is 5.12. The topological polar surface area (TPSA) is 35.1 Å². The molecule has 0 amide bonds. The molecule has 178 valence electrons. The molecule has 0 spiro atoms. The number of benzene rings is 2. The van der Waals surface area contributed by atoms with E-state index in [4.69, 9.17) is 27.9 Å². The van der Waals surface area contributed by atoms with Gasteiger partial charge >= 0.3 is 5.97 Å². The van der Waals surface area contributed by atoms with Gasteiger partial charge in [0.25, 0.3) is 5.82 Å². The van der Waals surface area contributed by atoms with E-state index >= 15 is 0 Å². The molecule has 4 nitrogen and oxygen atoms in total. The van der Waals surface area contributed by atoms with Gasteiger partial charge in [-0.25, -0.2) is 13.9 Å². The first-order valence-corrected chi connectivity index (χ1v) is 12.1. The van der Waals surface area contributed by atoms with Gasteiger partial charge in [0.2, 0.25) is 0 Å². The van der Waals surface area contributed by atoms with Crippen molar-refractivity contribution in [3.05, 3.63) is 52.5 Å². The SMILES string of the molecule is CC(C)[C@@H]1CC[C@@H](C)CC1OC(=O)Cn1c(-c2ccc(Cl)c(Cl)c2)[n+](C)c2ccccc21.[I-]. The predicted molar refractivity (Wildman–Crippen MR) is 130 cm³/mol. The molecule has 1 aromatic heterocycles. The summed E-state index contributed by atoms with van der Waals surface area (Å²) in [6.07, 6.45) is 3.24. The molecule has 0 saturated heterocycles. The van der Waals surface area contributed by atoms with Crippen molar-refractivity contribution in [2.45, 2.75) is 52.7 Å². The Labute approximate surface area is 223 Å². The standard InChI is InChI=1S/C26H31Cl2N2O2.HI/c1-16(2)19-11-9-17(3)13-24(19)32-25(31)15-30-23-8-6-5-7-22(23)29(4)26(30)18-10-12-20(27)21(28)14-18;/h5-8,10,12,14,16-17,19,24H,9,11,13,15H2,1-4H3;1H/q+1;/p-1/t17-,19+,24?;/m1./s1. The molecule has 4 rings (SSSR count). The second-order valence-electron chi connectivity index (χ2n) is 9.44. The fraction of sp³-hybridized carbons (Fsp3) is 0.462. The average Bonchev–Trinajstić information content (AvgIpc) is 3.02. The maximum Gasteiger partial charge on any atom is 0.348 e. The van der Waals surface area contributed by atoms with Crippen molar-refractivity contribution >= 4 is 40.2 Å². The van der Waals surface area contributed by atoms with Gasteiger partial charge in [-0.1, -0.05) is 62.5 Å². The first-order chi connectivity index (χ1) is 15.3. The highest BCUT2D eigenvalue weighted by atomic mass is 127.